The highest BCUT2D eigenvalue weighted by molar-refractivity contribution is 6.03. The molecule has 1 N–H and O–H groups in total. The Balaban J connectivity index is 1.34. The largest absolute Gasteiger partial charge is 0.494 e. The summed E-state index contributed by atoms with van der Waals surface area (Å²) in [6.45, 7) is 2.63. The number of benzene rings is 1. The Labute approximate surface area is 220 Å². The van der Waals surface area contributed by atoms with Crippen molar-refractivity contribution < 1.29 is 9.53 Å². The molecule has 0 bridgehead atoms. The van der Waals surface area contributed by atoms with E-state index in [2.05, 4.69) is 37.8 Å². The Hall–Kier alpha value is -4.54. The molecule has 0 saturated carbocycles. The number of methoxy groups -OCH3 is 1. The van der Waals surface area contributed by atoms with E-state index in [1.807, 2.05) is 30.5 Å². The fourth-order valence-electron chi connectivity index (χ4n) is 5.12. The number of carbonyl (C=O) groups excluding carboxylic acids is 1. The Morgan fingerprint density at radius 2 is 1.89 bits per heavy atom. The van der Waals surface area contributed by atoms with Gasteiger partial charge in [-0.05, 0) is 48.4 Å². The van der Waals surface area contributed by atoms with Gasteiger partial charge in [-0.25, -0.2) is 0 Å². The van der Waals surface area contributed by atoms with Crippen LogP contribution in [-0.2, 0) is 20.0 Å². The number of pyridine rings is 2. The van der Waals surface area contributed by atoms with Gasteiger partial charge in [-0.15, -0.1) is 10.2 Å². The summed E-state index contributed by atoms with van der Waals surface area (Å²) in [5.74, 6) is 0.943. The van der Waals surface area contributed by atoms with E-state index in [4.69, 9.17) is 14.7 Å². The summed E-state index contributed by atoms with van der Waals surface area (Å²) in [7, 11) is 5.09. The topological polar surface area (TPSA) is 114 Å². The highest BCUT2D eigenvalue weighted by Crippen LogP contribution is 2.38. The monoisotopic (exact) mass is 511 g/mol. The van der Waals surface area contributed by atoms with Gasteiger partial charge in [0.15, 0.2) is 5.75 Å². The number of fused-ring (bicyclic) bond motifs is 1. The lowest BCUT2D eigenvalue weighted by Gasteiger charge is -2.17. The predicted molar refractivity (Wildman–Crippen MR) is 143 cm³/mol. The van der Waals surface area contributed by atoms with Crippen molar-refractivity contribution in [2.24, 2.45) is 7.05 Å². The van der Waals surface area contributed by atoms with Crippen molar-refractivity contribution in [2.75, 3.05) is 37.5 Å². The highest BCUT2D eigenvalue weighted by atomic mass is 16.5. The number of aryl methyl sites for hydroxylation is 1. The summed E-state index contributed by atoms with van der Waals surface area (Å²) in [6.07, 6.45) is 4.96. The number of para-hydroxylation sites is 1. The molecule has 1 amide bonds. The van der Waals surface area contributed by atoms with E-state index in [-0.39, 0.29) is 5.91 Å². The molecule has 11 nitrogen and oxygen atoms in total. The average Bonchev–Trinajstić information content (AvgIpc) is 3.66. The van der Waals surface area contributed by atoms with E-state index >= 15 is 0 Å². The number of tetrazole rings is 1. The molecule has 194 valence electrons. The maximum absolute atomic E-state index is 13.1. The van der Waals surface area contributed by atoms with Crippen molar-refractivity contribution in [3.05, 3.63) is 65.2 Å². The first-order chi connectivity index (χ1) is 18.5. The third-order valence-electron chi connectivity index (χ3n) is 6.98. The van der Waals surface area contributed by atoms with Crippen LogP contribution in [0.1, 0.15) is 40.3 Å². The van der Waals surface area contributed by atoms with Crippen molar-refractivity contribution in [3.8, 4) is 17.1 Å². The summed E-state index contributed by atoms with van der Waals surface area (Å²) in [4.78, 5) is 28.0. The number of ether oxygens (including phenoxy) is 1. The predicted octanol–water partition coefficient (Wildman–Crippen LogP) is 3.20. The molecule has 3 aromatic heterocycles. The molecule has 1 saturated heterocycles. The fourth-order valence-corrected chi connectivity index (χ4v) is 5.12. The molecule has 0 spiro atoms. The van der Waals surface area contributed by atoms with Crippen molar-refractivity contribution in [1.82, 2.24) is 35.1 Å². The van der Waals surface area contributed by atoms with Gasteiger partial charge in [-0.3, -0.25) is 14.8 Å². The minimum absolute atomic E-state index is 0.0691. The maximum Gasteiger partial charge on any atom is 0.257 e. The standard InChI is InChI=1S/C27H29N9O2/c1-34-16-23-24(27(34)37)22(30-21-8-6-7-20(25(21)38-3)26-31-33-35(2)32-26)14-18(29-23)13-17-9-10-19(15-28-17)36-11-4-5-12-36/h6-10,14-15H,4-5,11-13,16H2,1-3H3,(H,29,30). The summed E-state index contributed by atoms with van der Waals surface area (Å²) >= 11 is 0. The molecular formula is C27H29N9O2. The van der Waals surface area contributed by atoms with Gasteiger partial charge in [0, 0.05) is 37.9 Å². The smallest absolute Gasteiger partial charge is 0.257 e. The first-order valence-corrected chi connectivity index (χ1v) is 12.7. The molecule has 0 atom stereocenters. The minimum atomic E-state index is -0.0691. The van der Waals surface area contributed by atoms with Crippen LogP contribution in [0.25, 0.3) is 11.4 Å². The van der Waals surface area contributed by atoms with Crippen LogP contribution in [0.4, 0.5) is 17.1 Å². The maximum atomic E-state index is 13.1. The van der Waals surface area contributed by atoms with Crippen molar-refractivity contribution in [3.63, 3.8) is 0 Å². The van der Waals surface area contributed by atoms with E-state index in [1.165, 1.54) is 17.6 Å². The van der Waals surface area contributed by atoms with Crippen molar-refractivity contribution >= 4 is 23.0 Å². The van der Waals surface area contributed by atoms with Crippen LogP contribution in [0.5, 0.6) is 5.75 Å². The number of hydrogen-bond donors (Lipinski definition) is 1. The third kappa shape index (κ3) is 4.40. The Morgan fingerprint density at radius 3 is 2.61 bits per heavy atom. The number of amides is 1. The van der Waals surface area contributed by atoms with E-state index in [1.54, 1.807) is 26.1 Å². The number of anilines is 3. The second kappa shape index (κ2) is 9.73. The number of carbonyl (C=O) groups is 1. The van der Waals surface area contributed by atoms with Crippen LogP contribution >= 0.6 is 0 Å². The lowest BCUT2D eigenvalue weighted by molar-refractivity contribution is 0.0817. The quantitative estimate of drug-likeness (QED) is 0.399. The summed E-state index contributed by atoms with van der Waals surface area (Å²) in [5, 5.41) is 15.8. The molecule has 38 heavy (non-hydrogen) atoms. The van der Waals surface area contributed by atoms with Crippen LogP contribution in [0.15, 0.2) is 42.6 Å². The first kappa shape index (κ1) is 23.8. The van der Waals surface area contributed by atoms with Gasteiger partial charge >= 0.3 is 0 Å². The molecule has 0 aliphatic carbocycles. The second-order valence-electron chi connectivity index (χ2n) is 9.64. The van der Waals surface area contributed by atoms with E-state index in [9.17, 15) is 4.79 Å². The lowest BCUT2D eigenvalue weighted by atomic mass is 10.1. The number of aromatic nitrogens is 6. The Kier molecular flexibility index (Phi) is 6.10. The number of hydrogen-bond acceptors (Lipinski definition) is 9. The average molecular weight is 512 g/mol. The lowest BCUT2D eigenvalue weighted by Crippen LogP contribution is -2.18. The zero-order valence-corrected chi connectivity index (χ0v) is 21.7. The Morgan fingerprint density at radius 1 is 1.05 bits per heavy atom. The van der Waals surface area contributed by atoms with Gasteiger partial charge < -0.3 is 19.9 Å². The molecule has 4 aromatic rings. The minimum Gasteiger partial charge on any atom is -0.494 e. The first-order valence-electron chi connectivity index (χ1n) is 12.7. The zero-order chi connectivity index (χ0) is 26.2. The van der Waals surface area contributed by atoms with Crippen molar-refractivity contribution in [2.45, 2.75) is 25.8 Å². The van der Waals surface area contributed by atoms with Gasteiger partial charge in [0.05, 0.1) is 60.8 Å². The molecule has 2 aliphatic rings. The molecule has 6 rings (SSSR count). The van der Waals surface area contributed by atoms with E-state index in [0.29, 0.717) is 47.0 Å². The SMILES string of the molecule is COc1c(Nc2cc(Cc3ccc(N4CCCC4)cn3)nc3c2C(=O)N(C)C3)cccc1-c1nnn(C)n1. The van der Waals surface area contributed by atoms with Crippen LogP contribution in [-0.4, -0.2) is 68.2 Å². The summed E-state index contributed by atoms with van der Waals surface area (Å²) in [5.41, 5.74) is 6.30. The zero-order valence-electron chi connectivity index (χ0n) is 21.7. The van der Waals surface area contributed by atoms with Gasteiger partial charge in [0.1, 0.15) is 0 Å². The van der Waals surface area contributed by atoms with E-state index < -0.39 is 0 Å². The van der Waals surface area contributed by atoms with Gasteiger partial charge in [0.2, 0.25) is 5.82 Å². The van der Waals surface area contributed by atoms with Crippen LogP contribution in [0.2, 0.25) is 0 Å². The fraction of sp³-hybridized carbons (Fsp3) is 0.333. The molecule has 1 aromatic carbocycles. The van der Waals surface area contributed by atoms with Crippen LogP contribution in [0, 0.1) is 0 Å². The molecule has 0 unspecified atom stereocenters. The summed E-state index contributed by atoms with van der Waals surface area (Å²) < 4.78 is 5.75. The second-order valence-corrected chi connectivity index (χ2v) is 9.64. The highest BCUT2D eigenvalue weighted by Gasteiger charge is 2.30. The van der Waals surface area contributed by atoms with Crippen LogP contribution < -0.4 is 15.0 Å². The van der Waals surface area contributed by atoms with Crippen LogP contribution in [0.3, 0.4) is 0 Å². The number of rotatable bonds is 7. The van der Waals surface area contributed by atoms with Gasteiger partial charge in [0.25, 0.3) is 5.91 Å². The molecule has 2 aliphatic heterocycles. The molecule has 0 radical (unpaired) electrons. The van der Waals surface area contributed by atoms with Gasteiger partial charge in [-0.2, -0.15) is 4.80 Å². The third-order valence-corrected chi connectivity index (χ3v) is 6.98. The molecule has 5 heterocycles. The number of nitrogens with one attached hydrogen (secondary N) is 1. The van der Waals surface area contributed by atoms with E-state index in [0.717, 1.165) is 35.9 Å². The summed E-state index contributed by atoms with van der Waals surface area (Å²) in [6, 6.07) is 11.8. The molecule has 11 heteroatoms. The molecular weight excluding hydrogens is 482 g/mol. The van der Waals surface area contributed by atoms with Crippen molar-refractivity contribution in [1.29, 1.82) is 0 Å². The molecule has 1 fully saturated rings. The number of nitrogens with zero attached hydrogens (tertiary/aromatic N) is 8. The van der Waals surface area contributed by atoms with Gasteiger partial charge in [-0.1, -0.05) is 6.07 Å². The Bertz CT molecular complexity index is 1490. The normalized spacial score (nSPS) is 14.8.